The maximum Gasteiger partial charge on any atom is 0.0675 e. The molecule has 18 heavy (non-hydrogen) atoms. The van der Waals surface area contributed by atoms with Crippen LogP contribution in [0.4, 0.5) is 0 Å². The Kier molecular flexibility index (Phi) is 4.44. The van der Waals surface area contributed by atoms with E-state index in [-0.39, 0.29) is 6.10 Å². The van der Waals surface area contributed by atoms with Crippen molar-refractivity contribution < 1.29 is 5.11 Å². The maximum absolute atomic E-state index is 9.97. The number of thioether (sulfide) groups is 1. The third-order valence-electron chi connectivity index (χ3n) is 2.69. The minimum Gasteiger partial charge on any atom is -0.392 e. The molecule has 0 aliphatic heterocycles. The summed E-state index contributed by atoms with van der Waals surface area (Å²) in [6.45, 7) is 2.08. The van der Waals surface area contributed by atoms with E-state index in [4.69, 9.17) is 0 Å². The van der Waals surface area contributed by atoms with Crippen LogP contribution in [0.1, 0.15) is 11.1 Å². The van der Waals surface area contributed by atoms with E-state index in [9.17, 15) is 5.11 Å². The van der Waals surface area contributed by atoms with Crippen molar-refractivity contribution in [3.8, 4) is 0 Å². The fraction of sp³-hybridized carbons (Fsp3) is 0.357. The Morgan fingerprint density at radius 2 is 2.06 bits per heavy atom. The number of aliphatic hydroxyl groups is 1. The van der Waals surface area contributed by atoms with E-state index >= 15 is 0 Å². The first kappa shape index (κ1) is 13.2. The molecule has 1 heterocycles. The number of aryl methyl sites for hydroxylation is 2. The molecule has 0 aliphatic carbocycles. The molecule has 0 bridgehead atoms. The van der Waals surface area contributed by atoms with Gasteiger partial charge in [-0.05, 0) is 24.6 Å². The van der Waals surface area contributed by atoms with E-state index in [0.29, 0.717) is 12.2 Å². The molecular formula is C14H18N2OS. The molecular weight excluding hydrogens is 244 g/mol. The average Bonchev–Trinajstić information content (AvgIpc) is 2.74. The lowest BCUT2D eigenvalue weighted by Crippen LogP contribution is -2.13. The van der Waals surface area contributed by atoms with E-state index in [1.165, 1.54) is 10.5 Å². The molecule has 0 saturated heterocycles. The van der Waals surface area contributed by atoms with Crippen LogP contribution in [0.3, 0.4) is 0 Å². The first-order valence-electron chi connectivity index (χ1n) is 5.98. The van der Waals surface area contributed by atoms with Gasteiger partial charge in [-0.1, -0.05) is 17.7 Å². The molecule has 0 radical (unpaired) electrons. The summed E-state index contributed by atoms with van der Waals surface area (Å²) in [5.74, 6) is 0.706. The van der Waals surface area contributed by atoms with Gasteiger partial charge < -0.3 is 5.11 Å². The van der Waals surface area contributed by atoms with E-state index < -0.39 is 0 Å². The van der Waals surface area contributed by atoms with Crippen LogP contribution in [-0.4, -0.2) is 26.7 Å². The fourth-order valence-electron chi connectivity index (χ4n) is 1.74. The third kappa shape index (κ3) is 3.89. The van der Waals surface area contributed by atoms with E-state index in [1.54, 1.807) is 22.6 Å². The molecule has 1 aromatic heterocycles. The van der Waals surface area contributed by atoms with Gasteiger partial charge in [0.2, 0.25) is 0 Å². The molecule has 96 valence electrons. The molecule has 4 heteroatoms. The summed E-state index contributed by atoms with van der Waals surface area (Å²) in [6.07, 6.45) is 4.08. The van der Waals surface area contributed by atoms with E-state index in [1.807, 2.05) is 13.2 Å². The van der Waals surface area contributed by atoms with Crippen molar-refractivity contribution in [1.29, 1.82) is 0 Å². The van der Waals surface area contributed by atoms with Crippen molar-refractivity contribution in [2.24, 2.45) is 7.05 Å². The minimum absolute atomic E-state index is 0.333. The largest absolute Gasteiger partial charge is 0.392 e. The molecule has 1 N–H and O–H groups in total. The second-order valence-electron chi connectivity index (χ2n) is 4.50. The Hall–Kier alpha value is -1.26. The van der Waals surface area contributed by atoms with Crippen LogP contribution in [0.5, 0.6) is 0 Å². The van der Waals surface area contributed by atoms with Crippen molar-refractivity contribution in [1.82, 2.24) is 9.78 Å². The van der Waals surface area contributed by atoms with Crippen LogP contribution in [0.25, 0.3) is 0 Å². The average molecular weight is 262 g/mol. The molecule has 2 rings (SSSR count). The molecule has 1 atom stereocenters. The van der Waals surface area contributed by atoms with Crippen LogP contribution in [0, 0.1) is 6.92 Å². The third-order valence-corrected chi connectivity index (χ3v) is 3.85. The molecule has 2 aromatic rings. The summed E-state index contributed by atoms with van der Waals surface area (Å²) in [7, 11) is 1.89. The van der Waals surface area contributed by atoms with Crippen LogP contribution in [-0.2, 0) is 13.5 Å². The maximum atomic E-state index is 9.97. The monoisotopic (exact) mass is 262 g/mol. The SMILES string of the molecule is Cc1ccc(SCC(O)Cc2cnn(C)c2)cc1. The van der Waals surface area contributed by atoms with Gasteiger partial charge in [-0.25, -0.2) is 0 Å². The van der Waals surface area contributed by atoms with Gasteiger partial charge in [-0.15, -0.1) is 11.8 Å². The number of aliphatic hydroxyl groups excluding tert-OH is 1. The van der Waals surface area contributed by atoms with Gasteiger partial charge in [0.1, 0.15) is 0 Å². The van der Waals surface area contributed by atoms with Crippen molar-refractivity contribution in [3.05, 3.63) is 47.8 Å². The van der Waals surface area contributed by atoms with Crippen LogP contribution in [0.15, 0.2) is 41.6 Å². The van der Waals surface area contributed by atoms with E-state index in [2.05, 4.69) is 36.3 Å². The number of benzene rings is 1. The summed E-state index contributed by atoms with van der Waals surface area (Å²) in [4.78, 5) is 1.20. The van der Waals surface area contributed by atoms with Gasteiger partial charge in [-0.2, -0.15) is 5.10 Å². The van der Waals surface area contributed by atoms with E-state index in [0.717, 1.165) is 5.56 Å². The van der Waals surface area contributed by atoms with Gasteiger partial charge >= 0.3 is 0 Å². The van der Waals surface area contributed by atoms with Crippen molar-refractivity contribution in [2.45, 2.75) is 24.3 Å². The highest BCUT2D eigenvalue weighted by Gasteiger charge is 2.07. The highest BCUT2D eigenvalue weighted by Crippen LogP contribution is 2.20. The molecule has 0 fully saturated rings. The highest BCUT2D eigenvalue weighted by atomic mass is 32.2. The predicted octanol–water partition coefficient (Wildman–Crippen LogP) is 2.42. The molecule has 0 saturated carbocycles. The topological polar surface area (TPSA) is 38.1 Å². The number of hydrogen-bond acceptors (Lipinski definition) is 3. The zero-order valence-corrected chi connectivity index (χ0v) is 11.5. The van der Waals surface area contributed by atoms with Gasteiger partial charge in [0, 0.05) is 30.3 Å². The Balaban J connectivity index is 1.81. The lowest BCUT2D eigenvalue weighted by atomic mass is 10.2. The summed E-state index contributed by atoms with van der Waals surface area (Å²) >= 11 is 1.69. The lowest BCUT2D eigenvalue weighted by molar-refractivity contribution is 0.200. The van der Waals surface area contributed by atoms with Crippen molar-refractivity contribution in [3.63, 3.8) is 0 Å². The highest BCUT2D eigenvalue weighted by molar-refractivity contribution is 7.99. The van der Waals surface area contributed by atoms with Gasteiger partial charge in [0.25, 0.3) is 0 Å². The molecule has 1 aromatic carbocycles. The normalized spacial score (nSPS) is 12.6. The predicted molar refractivity (Wildman–Crippen MR) is 74.8 cm³/mol. The Morgan fingerprint density at radius 3 is 2.67 bits per heavy atom. The summed E-state index contributed by atoms with van der Waals surface area (Å²) < 4.78 is 1.76. The zero-order chi connectivity index (χ0) is 13.0. The standard InChI is InChI=1S/C14H18N2OS/c1-11-3-5-14(6-4-11)18-10-13(17)7-12-8-15-16(2)9-12/h3-6,8-9,13,17H,7,10H2,1-2H3. The fourth-order valence-corrected chi connectivity index (χ4v) is 2.57. The molecule has 3 nitrogen and oxygen atoms in total. The Bertz CT molecular complexity index is 493. The van der Waals surface area contributed by atoms with Crippen LogP contribution < -0.4 is 0 Å². The smallest absolute Gasteiger partial charge is 0.0675 e. The van der Waals surface area contributed by atoms with Gasteiger partial charge in [0.15, 0.2) is 0 Å². The summed E-state index contributed by atoms with van der Waals surface area (Å²) in [5, 5.41) is 14.1. The van der Waals surface area contributed by atoms with Gasteiger partial charge in [0.05, 0.1) is 12.3 Å². The quantitative estimate of drug-likeness (QED) is 0.841. The minimum atomic E-state index is -0.333. The number of aromatic nitrogens is 2. The van der Waals surface area contributed by atoms with Gasteiger partial charge in [-0.3, -0.25) is 4.68 Å². The molecule has 1 unspecified atom stereocenters. The zero-order valence-electron chi connectivity index (χ0n) is 10.7. The first-order chi connectivity index (χ1) is 8.63. The van der Waals surface area contributed by atoms with Crippen LogP contribution in [0.2, 0.25) is 0 Å². The lowest BCUT2D eigenvalue weighted by Gasteiger charge is -2.09. The molecule has 0 amide bonds. The number of rotatable bonds is 5. The molecule has 0 spiro atoms. The second kappa shape index (κ2) is 6.07. The van der Waals surface area contributed by atoms with Crippen LogP contribution >= 0.6 is 11.8 Å². The second-order valence-corrected chi connectivity index (χ2v) is 5.60. The Labute approximate surface area is 112 Å². The summed E-state index contributed by atoms with van der Waals surface area (Å²) in [5.41, 5.74) is 2.34. The number of nitrogens with zero attached hydrogens (tertiary/aromatic N) is 2. The first-order valence-corrected chi connectivity index (χ1v) is 6.97. The molecule has 0 aliphatic rings. The van der Waals surface area contributed by atoms with Crippen molar-refractivity contribution >= 4 is 11.8 Å². The number of hydrogen-bond donors (Lipinski definition) is 1. The Morgan fingerprint density at radius 1 is 1.33 bits per heavy atom. The van der Waals surface area contributed by atoms with Crippen molar-refractivity contribution in [2.75, 3.05) is 5.75 Å². The summed E-state index contributed by atoms with van der Waals surface area (Å²) in [6, 6.07) is 8.37.